The topological polar surface area (TPSA) is 93.1 Å². The first kappa shape index (κ1) is 28.1. The number of carbonyl (C=O) groups excluding carboxylic acids is 1. The van der Waals surface area contributed by atoms with Crippen molar-refractivity contribution in [2.24, 2.45) is 40.9 Å². The molecule has 0 unspecified atom stereocenters. The highest BCUT2D eigenvalue weighted by Gasteiger charge is 2.56. The molecule has 220 valence electrons. The maximum absolute atomic E-state index is 13.8. The molecule has 5 saturated carbocycles. The second kappa shape index (κ2) is 11.7. The number of aliphatic carboxylic acids is 1. The van der Waals surface area contributed by atoms with Crippen LogP contribution in [0, 0.1) is 40.9 Å². The number of aliphatic hydroxyl groups is 1. The van der Waals surface area contributed by atoms with Gasteiger partial charge in [-0.2, -0.15) is 0 Å². The summed E-state index contributed by atoms with van der Waals surface area (Å²) >= 11 is 0. The molecule has 0 aromatic heterocycles. The van der Waals surface area contributed by atoms with Crippen molar-refractivity contribution in [1.29, 1.82) is 0 Å². The second-order valence-electron chi connectivity index (χ2n) is 14.2. The SMILES string of the molecule is CCCCC[C@@H](CC[C@@H]1[C@H]2Cc3cccc(OCC(=O)O)c3C[C@H]2C[C@H]1O)OC(=O)C12CC3CC(CC(C3)C1)C2. The summed E-state index contributed by atoms with van der Waals surface area (Å²) in [7, 11) is 0. The predicted molar refractivity (Wildman–Crippen MR) is 152 cm³/mol. The Balaban J connectivity index is 1.11. The second-order valence-corrected chi connectivity index (χ2v) is 14.2. The molecule has 1 aromatic carbocycles. The summed E-state index contributed by atoms with van der Waals surface area (Å²) in [5.74, 6) is 2.95. The first-order valence-corrected chi connectivity index (χ1v) is 16.2. The van der Waals surface area contributed by atoms with Gasteiger partial charge in [0.05, 0.1) is 11.5 Å². The molecule has 5 fully saturated rings. The average Bonchev–Trinajstić information content (AvgIpc) is 3.22. The quantitative estimate of drug-likeness (QED) is 0.232. The average molecular weight is 553 g/mol. The number of carboxylic acid groups (broad SMARTS) is 1. The van der Waals surface area contributed by atoms with E-state index in [9.17, 15) is 14.7 Å². The number of hydrogen-bond acceptors (Lipinski definition) is 5. The van der Waals surface area contributed by atoms with E-state index in [1.54, 1.807) is 0 Å². The number of esters is 1. The molecule has 0 heterocycles. The number of rotatable bonds is 12. The van der Waals surface area contributed by atoms with Gasteiger partial charge in [-0.3, -0.25) is 4.79 Å². The van der Waals surface area contributed by atoms with Crippen molar-refractivity contribution in [1.82, 2.24) is 0 Å². The van der Waals surface area contributed by atoms with Crippen molar-refractivity contribution in [2.75, 3.05) is 6.61 Å². The molecule has 6 aliphatic carbocycles. The number of carboxylic acids is 1. The lowest BCUT2D eigenvalue weighted by Gasteiger charge is -2.55. The lowest BCUT2D eigenvalue weighted by molar-refractivity contribution is -0.178. The van der Waals surface area contributed by atoms with Crippen LogP contribution in [0.25, 0.3) is 0 Å². The largest absolute Gasteiger partial charge is 0.482 e. The zero-order valence-electron chi connectivity index (χ0n) is 24.2. The van der Waals surface area contributed by atoms with E-state index in [-0.39, 0.29) is 36.1 Å². The number of hydrogen-bond donors (Lipinski definition) is 2. The Morgan fingerprint density at radius 3 is 2.40 bits per heavy atom. The number of aliphatic hydroxyl groups excluding tert-OH is 1. The Morgan fingerprint density at radius 2 is 1.73 bits per heavy atom. The minimum atomic E-state index is -0.972. The van der Waals surface area contributed by atoms with Gasteiger partial charge in [-0.25, -0.2) is 4.79 Å². The molecule has 4 bridgehead atoms. The van der Waals surface area contributed by atoms with E-state index in [4.69, 9.17) is 14.6 Å². The van der Waals surface area contributed by atoms with Crippen LogP contribution in [0.3, 0.4) is 0 Å². The van der Waals surface area contributed by atoms with E-state index in [1.165, 1.54) is 24.8 Å². The Bertz CT molecular complexity index is 1040. The molecule has 0 spiro atoms. The third-order valence-corrected chi connectivity index (χ3v) is 11.4. The summed E-state index contributed by atoms with van der Waals surface area (Å²) in [6.45, 7) is 1.88. The molecule has 6 heteroatoms. The predicted octanol–water partition coefficient (Wildman–Crippen LogP) is 6.35. The molecule has 6 nitrogen and oxygen atoms in total. The van der Waals surface area contributed by atoms with Gasteiger partial charge in [-0.15, -0.1) is 0 Å². The molecule has 2 N–H and O–H groups in total. The van der Waals surface area contributed by atoms with E-state index < -0.39 is 5.97 Å². The number of carbonyl (C=O) groups is 2. The van der Waals surface area contributed by atoms with Crippen LogP contribution < -0.4 is 4.74 Å². The van der Waals surface area contributed by atoms with Crippen LogP contribution in [0.1, 0.15) is 102 Å². The van der Waals surface area contributed by atoms with E-state index in [0.717, 1.165) is 100 Å². The lowest BCUT2D eigenvalue weighted by Crippen LogP contribution is -2.51. The third-order valence-electron chi connectivity index (χ3n) is 11.4. The summed E-state index contributed by atoms with van der Waals surface area (Å²) in [5.41, 5.74) is 2.11. The van der Waals surface area contributed by atoms with Crippen molar-refractivity contribution in [2.45, 2.75) is 115 Å². The van der Waals surface area contributed by atoms with Gasteiger partial charge in [0, 0.05) is 0 Å². The lowest BCUT2D eigenvalue weighted by atomic mass is 9.49. The van der Waals surface area contributed by atoms with Gasteiger partial charge in [-0.05, 0) is 136 Å². The Hall–Kier alpha value is -2.08. The number of fused-ring (bicyclic) bond motifs is 2. The van der Waals surface area contributed by atoms with Gasteiger partial charge in [-0.1, -0.05) is 31.9 Å². The number of benzene rings is 1. The molecule has 6 aliphatic rings. The zero-order valence-corrected chi connectivity index (χ0v) is 24.2. The molecule has 5 atom stereocenters. The van der Waals surface area contributed by atoms with Crippen molar-refractivity contribution >= 4 is 11.9 Å². The van der Waals surface area contributed by atoms with Crippen molar-refractivity contribution in [3.05, 3.63) is 29.3 Å². The summed E-state index contributed by atoms with van der Waals surface area (Å²) in [6, 6.07) is 5.94. The molecule has 0 aliphatic heterocycles. The Labute approximate surface area is 239 Å². The van der Waals surface area contributed by atoms with Gasteiger partial charge in [0.25, 0.3) is 0 Å². The van der Waals surface area contributed by atoms with E-state index in [1.807, 2.05) is 12.1 Å². The first-order chi connectivity index (χ1) is 19.3. The van der Waals surface area contributed by atoms with Crippen LogP contribution in [0.2, 0.25) is 0 Å². The standard InChI is InChI=1S/C34H48O6/c1-2-3-4-7-26(40-33(38)34-17-21-11-22(18-34)13-23(12-21)19-34)9-10-27-28-14-24-6-5-8-31(39-20-32(36)37)29(24)15-25(28)16-30(27)35/h5-6,8,21-23,25-28,30,35H,2-4,7,9-20H2,1H3,(H,36,37)/t21?,22?,23?,25-,26-,27+,28-,30+,34?/m0/s1. The zero-order chi connectivity index (χ0) is 27.9. The fraction of sp³-hybridized carbons (Fsp3) is 0.765. The van der Waals surface area contributed by atoms with Crippen molar-refractivity contribution < 1.29 is 29.3 Å². The Kier molecular flexibility index (Phi) is 8.18. The van der Waals surface area contributed by atoms with Gasteiger partial charge in [0.15, 0.2) is 6.61 Å². The fourth-order valence-corrected chi connectivity index (χ4v) is 9.98. The van der Waals surface area contributed by atoms with Gasteiger partial charge < -0.3 is 19.7 Å². The van der Waals surface area contributed by atoms with Crippen LogP contribution in [0.5, 0.6) is 5.75 Å². The number of ether oxygens (including phenoxy) is 2. The molecule has 1 aromatic rings. The highest BCUT2D eigenvalue weighted by atomic mass is 16.5. The van der Waals surface area contributed by atoms with Crippen molar-refractivity contribution in [3.63, 3.8) is 0 Å². The van der Waals surface area contributed by atoms with Crippen LogP contribution in [-0.2, 0) is 27.2 Å². The Morgan fingerprint density at radius 1 is 1.00 bits per heavy atom. The van der Waals surface area contributed by atoms with Gasteiger partial charge in [0.2, 0.25) is 0 Å². The molecular weight excluding hydrogens is 504 g/mol. The smallest absolute Gasteiger partial charge is 0.341 e. The van der Waals surface area contributed by atoms with Gasteiger partial charge >= 0.3 is 11.9 Å². The minimum Gasteiger partial charge on any atom is -0.482 e. The maximum atomic E-state index is 13.8. The molecular formula is C34H48O6. The summed E-state index contributed by atoms with van der Waals surface area (Å²) in [6.07, 6.45) is 15.2. The summed E-state index contributed by atoms with van der Waals surface area (Å²) in [4.78, 5) is 24.8. The fourth-order valence-electron chi connectivity index (χ4n) is 9.98. The van der Waals surface area contributed by atoms with E-state index in [2.05, 4.69) is 13.0 Å². The van der Waals surface area contributed by atoms with Crippen LogP contribution in [0.15, 0.2) is 18.2 Å². The molecule has 40 heavy (non-hydrogen) atoms. The van der Waals surface area contributed by atoms with E-state index >= 15 is 0 Å². The molecule has 7 rings (SSSR count). The molecule has 0 radical (unpaired) electrons. The minimum absolute atomic E-state index is 0.0507. The molecule has 0 saturated heterocycles. The third kappa shape index (κ3) is 5.67. The summed E-state index contributed by atoms with van der Waals surface area (Å²) in [5, 5.41) is 20.3. The van der Waals surface area contributed by atoms with E-state index in [0.29, 0.717) is 17.6 Å². The first-order valence-electron chi connectivity index (χ1n) is 16.2. The van der Waals surface area contributed by atoms with Gasteiger partial charge in [0.1, 0.15) is 11.9 Å². The van der Waals surface area contributed by atoms with Crippen LogP contribution >= 0.6 is 0 Å². The molecule has 0 amide bonds. The monoisotopic (exact) mass is 552 g/mol. The number of unbranched alkanes of at least 4 members (excludes halogenated alkanes) is 2. The maximum Gasteiger partial charge on any atom is 0.341 e. The normalized spacial score (nSPS) is 36.1. The van der Waals surface area contributed by atoms with Crippen molar-refractivity contribution in [3.8, 4) is 5.75 Å². The van der Waals surface area contributed by atoms with Crippen LogP contribution in [-0.4, -0.2) is 41.0 Å². The highest BCUT2D eigenvalue weighted by molar-refractivity contribution is 5.77. The van der Waals surface area contributed by atoms with Crippen LogP contribution in [0.4, 0.5) is 0 Å². The highest BCUT2D eigenvalue weighted by Crippen LogP contribution is 2.60. The summed E-state index contributed by atoms with van der Waals surface area (Å²) < 4.78 is 12.1.